The zero-order valence-electron chi connectivity index (χ0n) is 13.8. The van der Waals surface area contributed by atoms with Gasteiger partial charge in [-0.3, -0.25) is 14.9 Å². The third-order valence-electron chi connectivity index (χ3n) is 4.41. The minimum Gasteiger partial charge on any atom is -0.368 e. The lowest BCUT2D eigenvalue weighted by Gasteiger charge is -2.41. The molecule has 2 aromatic carbocycles. The number of carbonyl (C=O) groups excluding carboxylic acids is 1. The minimum atomic E-state index is -0.408. The Labute approximate surface area is 150 Å². The van der Waals surface area contributed by atoms with E-state index in [-0.39, 0.29) is 17.6 Å². The summed E-state index contributed by atoms with van der Waals surface area (Å²) in [5.74, 6) is -0.00693. The van der Waals surface area contributed by atoms with E-state index in [9.17, 15) is 14.9 Å². The van der Waals surface area contributed by atoms with Crippen LogP contribution in [0.3, 0.4) is 0 Å². The Kier molecular flexibility index (Phi) is 4.90. The van der Waals surface area contributed by atoms with E-state index in [2.05, 4.69) is 4.90 Å². The number of halogens is 1. The van der Waals surface area contributed by atoms with Gasteiger partial charge in [0.05, 0.1) is 4.92 Å². The fourth-order valence-electron chi connectivity index (χ4n) is 3.04. The molecule has 0 aromatic heterocycles. The topological polar surface area (TPSA) is 66.7 Å². The van der Waals surface area contributed by atoms with Crippen molar-refractivity contribution in [2.24, 2.45) is 0 Å². The standard InChI is InChI=1S/C18H18ClN3O3/c1-13-12-20(16-6-8-17(9-7-16)22(24)25)10-11-21(13)18(23)14-2-4-15(19)5-3-14/h2-9,13H,10-12H2,1H3. The fraction of sp³-hybridized carbons (Fsp3) is 0.278. The maximum atomic E-state index is 12.7. The molecule has 0 spiro atoms. The third-order valence-corrected chi connectivity index (χ3v) is 4.66. The molecule has 7 heteroatoms. The smallest absolute Gasteiger partial charge is 0.269 e. The first kappa shape index (κ1) is 17.2. The molecule has 130 valence electrons. The van der Waals surface area contributed by atoms with Crippen LogP contribution < -0.4 is 4.90 Å². The number of piperazine rings is 1. The van der Waals surface area contributed by atoms with Gasteiger partial charge in [0.25, 0.3) is 11.6 Å². The second-order valence-corrected chi connectivity index (χ2v) is 6.51. The summed E-state index contributed by atoms with van der Waals surface area (Å²) in [6.07, 6.45) is 0. The minimum absolute atomic E-state index is 0.00693. The molecule has 1 saturated heterocycles. The number of anilines is 1. The van der Waals surface area contributed by atoms with E-state index >= 15 is 0 Å². The number of nitrogens with zero attached hydrogens (tertiary/aromatic N) is 3. The summed E-state index contributed by atoms with van der Waals surface area (Å²) in [6, 6.07) is 13.4. The van der Waals surface area contributed by atoms with Gasteiger partial charge in [-0.15, -0.1) is 0 Å². The lowest BCUT2D eigenvalue weighted by molar-refractivity contribution is -0.384. The average molecular weight is 360 g/mol. The molecule has 1 amide bonds. The molecule has 1 aliphatic heterocycles. The zero-order chi connectivity index (χ0) is 18.0. The van der Waals surface area contributed by atoms with Gasteiger partial charge in [0.1, 0.15) is 0 Å². The Morgan fingerprint density at radius 2 is 1.76 bits per heavy atom. The number of nitro groups is 1. The summed E-state index contributed by atoms with van der Waals surface area (Å²) < 4.78 is 0. The third kappa shape index (κ3) is 3.74. The fourth-order valence-corrected chi connectivity index (χ4v) is 3.16. The predicted octanol–water partition coefficient (Wildman–Crippen LogP) is 3.60. The molecule has 6 nitrogen and oxygen atoms in total. The lowest BCUT2D eigenvalue weighted by Crippen LogP contribution is -2.54. The number of nitro benzene ring substituents is 1. The van der Waals surface area contributed by atoms with Crippen LogP contribution in [0.2, 0.25) is 5.02 Å². The zero-order valence-corrected chi connectivity index (χ0v) is 14.5. The Bertz CT molecular complexity index is 777. The van der Waals surface area contributed by atoms with Gasteiger partial charge in [-0.05, 0) is 43.3 Å². The highest BCUT2D eigenvalue weighted by Crippen LogP contribution is 2.23. The van der Waals surface area contributed by atoms with Crippen LogP contribution in [0.15, 0.2) is 48.5 Å². The molecule has 3 rings (SSSR count). The summed E-state index contributed by atoms with van der Waals surface area (Å²) in [5.41, 5.74) is 1.63. The summed E-state index contributed by atoms with van der Waals surface area (Å²) in [5, 5.41) is 11.4. The highest BCUT2D eigenvalue weighted by molar-refractivity contribution is 6.30. The van der Waals surface area contributed by atoms with Crippen molar-refractivity contribution in [1.82, 2.24) is 4.90 Å². The second kappa shape index (κ2) is 7.11. The molecule has 0 N–H and O–H groups in total. The van der Waals surface area contributed by atoms with Crippen LogP contribution in [0, 0.1) is 10.1 Å². The molecule has 0 aliphatic carbocycles. The number of non-ortho nitro benzene ring substituents is 1. The molecular weight excluding hydrogens is 342 g/mol. The first-order chi connectivity index (χ1) is 12.0. The Morgan fingerprint density at radius 3 is 2.32 bits per heavy atom. The van der Waals surface area contributed by atoms with Crippen LogP contribution in [-0.4, -0.2) is 41.4 Å². The van der Waals surface area contributed by atoms with Crippen molar-refractivity contribution >= 4 is 28.9 Å². The van der Waals surface area contributed by atoms with E-state index in [1.165, 1.54) is 12.1 Å². The van der Waals surface area contributed by atoms with Crippen molar-refractivity contribution in [3.05, 3.63) is 69.2 Å². The van der Waals surface area contributed by atoms with Gasteiger partial charge in [-0.1, -0.05) is 11.6 Å². The average Bonchev–Trinajstić information content (AvgIpc) is 2.62. The van der Waals surface area contributed by atoms with Gasteiger partial charge < -0.3 is 9.80 Å². The van der Waals surface area contributed by atoms with Gasteiger partial charge in [-0.2, -0.15) is 0 Å². The molecule has 0 saturated carbocycles. The molecular formula is C18H18ClN3O3. The van der Waals surface area contributed by atoms with E-state index in [0.717, 1.165) is 5.69 Å². The molecule has 25 heavy (non-hydrogen) atoms. The van der Waals surface area contributed by atoms with Gasteiger partial charge in [0.15, 0.2) is 0 Å². The Hall–Kier alpha value is -2.60. The first-order valence-electron chi connectivity index (χ1n) is 8.01. The summed E-state index contributed by atoms with van der Waals surface area (Å²) in [7, 11) is 0. The lowest BCUT2D eigenvalue weighted by atomic mass is 10.1. The van der Waals surface area contributed by atoms with E-state index in [1.807, 2.05) is 11.8 Å². The van der Waals surface area contributed by atoms with Crippen molar-refractivity contribution in [2.75, 3.05) is 24.5 Å². The molecule has 2 aromatic rings. The van der Waals surface area contributed by atoms with Crippen molar-refractivity contribution in [3.63, 3.8) is 0 Å². The van der Waals surface area contributed by atoms with Crippen molar-refractivity contribution < 1.29 is 9.72 Å². The number of carbonyl (C=O) groups is 1. The first-order valence-corrected chi connectivity index (χ1v) is 8.39. The molecule has 1 unspecified atom stereocenters. The molecule has 0 bridgehead atoms. The van der Waals surface area contributed by atoms with E-state index in [1.54, 1.807) is 36.4 Å². The number of hydrogen-bond donors (Lipinski definition) is 0. The summed E-state index contributed by atoms with van der Waals surface area (Å²) >= 11 is 5.87. The van der Waals surface area contributed by atoms with Crippen LogP contribution in [0.25, 0.3) is 0 Å². The highest BCUT2D eigenvalue weighted by Gasteiger charge is 2.28. The van der Waals surface area contributed by atoms with Crippen molar-refractivity contribution in [1.29, 1.82) is 0 Å². The molecule has 1 fully saturated rings. The van der Waals surface area contributed by atoms with Crippen LogP contribution in [0.4, 0.5) is 11.4 Å². The van der Waals surface area contributed by atoms with Gasteiger partial charge in [0, 0.05) is 54.1 Å². The van der Waals surface area contributed by atoms with Crippen LogP contribution in [-0.2, 0) is 0 Å². The van der Waals surface area contributed by atoms with E-state index in [0.29, 0.717) is 30.2 Å². The molecule has 1 aliphatic rings. The largest absolute Gasteiger partial charge is 0.368 e. The SMILES string of the molecule is CC1CN(c2ccc([N+](=O)[O-])cc2)CCN1C(=O)c1ccc(Cl)cc1. The van der Waals surface area contributed by atoms with Crippen molar-refractivity contribution in [3.8, 4) is 0 Å². The maximum Gasteiger partial charge on any atom is 0.269 e. The second-order valence-electron chi connectivity index (χ2n) is 6.07. The number of hydrogen-bond acceptors (Lipinski definition) is 4. The van der Waals surface area contributed by atoms with Gasteiger partial charge in [0.2, 0.25) is 0 Å². The predicted molar refractivity (Wildman–Crippen MR) is 97.3 cm³/mol. The maximum absolute atomic E-state index is 12.7. The number of rotatable bonds is 3. The van der Waals surface area contributed by atoms with Gasteiger partial charge >= 0.3 is 0 Å². The van der Waals surface area contributed by atoms with Crippen molar-refractivity contribution in [2.45, 2.75) is 13.0 Å². The van der Waals surface area contributed by atoms with Gasteiger partial charge in [-0.25, -0.2) is 0 Å². The monoisotopic (exact) mass is 359 g/mol. The molecule has 1 heterocycles. The van der Waals surface area contributed by atoms with Crippen LogP contribution in [0.5, 0.6) is 0 Å². The van der Waals surface area contributed by atoms with Crippen LogP contribution >= 0.6 is 11.6 Å². The Balaban J connectivity index is 1.68. The van der Waals surface area contributed by atoms with E-state index in [4.69, 9.17) is 11.6 Å². The normalized spacial score (nSPS) is 17.4. The highest BCUT2D eigenvalue weighted by atomic mass is 35.5. The van der Waals surface area contributed by atoms with Crippen LogP contribution in [0.1, 0.15) is 17.3 Å². The number of amides is 1. The number of benzene rings is 2. The van der Waals surface area contributed by atoms with E-state index < -0.39 is 4.92 Å². The summed E-state index contributed by atoms with van der Waals surface area (Å²) in [4.78, 5) is 27.0. The Morgan fingerprint density at radius 1 is 1.12 bits per heavy atom. The quantitative estimate of drug-likeness (QED) is 0.620. The summed E-state index contributed by atoms with van der Waals surface area (Å²) in [6.45, 7) is 3.96. The molecule has 1 atom stereocenters. The molecule has 0 radical (unpaired) electrons.